The normalized spacial score (nSPS) is 12.6. The van der Waals surface area contributed by atoms with E-state index in [4.69, 9.17) is 0 Å². The van der Waals surface area contributed by atoms with Crippen LogP contribution in [0.1, 0.15) is 12.5 Å². The molecule has 2 aromatic rings. The standard InChI is InChI=1S/C13H15F2N3/c1-10(9-18-6-2-5-17-18)16-8-11-3-4-12(14)13(15)7-11/h2-7,10,16H,8-9H2,1H3. The van der Waals surface area contributed by atoms with Crippen LogP contribution < -0.4 is 5.32 Å². The summed E-state index contributed by atoms with van der Waals surface area (Å²) in [7, 11) is 0. The van der Waals surface area contributed by atoms with Gasteiger partial charge in [-0.2, -0.15) is 5.10 Å². The van der Waals surface area contributed by atoms with Crippen LogP contribution in [-0.2, 0) is 13.1 Å². The van der Waals surface area contributed by atoms with Gasteiger partial charge in [-0.1, -0.05) is 6.07 Å². The fraction of sp³-hybridized carbons (Fsp3) is 0.308. The Bertz CT molecular complexity index is 497. The molecule has 1 aromatic carbocycles. The first-order valence-corrected chi connectivity index (χ1v) is 5.80. The van der Waals surface area contributed by atoms with Crippen LogP contribution in [-0.4, -0.2) is 15.8 Å². The van der Waals surface area contributed by atoms with Crippen LogP contribution in [0.5, 0.6) is 0 Å². The van der Waals surface area contributed by atoms with Crippen molar-refractivity contribution in [3.8, 4) is 0 Å². The van der Waals surface area contributed by atoms with Crippen molar-refractivity contribution in [2.45, 2.75) is 26.1 Å². The summed E-state index contributed by atoms with van der Waals surface area (Å²) in [5.41, 5.74) is 0.723. The third-order valence-corrected chi connectivity index (χ3v) is 2.66. The van der Waals surface area contributed by atoms with Crippen LogP contribution in [0.4, 0.5) is 8.78 Å². The summed E-state index contributed by atoms with van der Waals surface area (Å²) in [6, 6.07) is 5.99. The maximum atomic E-state index is 13.0. The fourth-order valence-corrected chi connectivity index (χ4v) is 1.70. The molecule has 2 rings (SSSR count). The maximum absolute atomic E-state index is 13.0. The summed E-state index contributed by atoms with van der Waals surface area (Å²) >= 11 is 0. The average molecular weight is 251 g/mol. The van der Waals surface area contributed by atoms with Gasteiger partial charge in [0.25, 0.3) is 0 Å². The Kier molecular flexibility index (Phi) is 4.04. The zero-order valence-corrected chi connectivity index (χ0v) is 10.1. The molecule has 0 bridgehead atoms. The largest absolute Gasteiger partial charge is 0.308 e. The first-order valence-electron chi connectivity index (χ1n) is 5.80. The Hall–Kier alpha value is -1.75. The number of nitrogens with zero attached hydrogens (tertiary/aromatic N) is 2. The summed E-state index contributed by atoms with van der Waals surface area (Å²) in [6.45, 7) is 3.25. The molecule has 0 radical (unpaired) electrons. The van der Waals surface area contributed by atoms with Crippen molar-refractivity contribution in [1.29, 1.82) is 0 Å². The molecule has 0 fully saturated rings. The minimum atomic E-state index is -0.816. The van der Waals surface area contributed by atoms with Gasteiger partial charge in [-0.05, 0) is 30.7 Å². The lowest BCUT2D eigenvalue weighted by atomic mass is 10.2. The molecule has 96 valence electrons. The summed E-state index contributed by atoms with van der Waals surface area (Å²) < 4.78 is 27.6. The van der Waals surface area contributed by atoms with Crippen molar-refractivity contribution in [3.05, 3.63) is 53.9 Å². The highest BCUT2D eigenvalue weighted by molar-refractivity contribution is 5.17. The van der Waals surface area contributed by atoms with E-state index in [0.29, 0.717) is 6.54 Å². The first-order chi connectivity index (χ1) is 8.65. The number of hydrogen-bond donors (Lipinski definition) is 1. The zero-order chi connectivity index (χ0) is 13.0. The smallest absolute Gasteiger partial charge is 0.159 e. The van der Waals surface area contributed by atoms with Gasteiger partial charge in [-0.3, -0.25) is 4.68 Å². The molecule has 1 unspecified atom stereocenters. The lowest BCUT2D eigenvalue weighted by Gasteiger charge is -2.14. The van der Waals surface area contributed by atoms with Crippen LogP contribution in [0.25, 0.3) is 0 Å². The number of hydrogen-bond acceptors (Lipinski definition) is 2. The third kappa shape index (κ3) is 3.37. The molecule has 0 spiro atoms. The molecular formula is C13H15F2N3. The van der Waals surface area contributed by atoms with Gasteiger partial charge < -0.3 is 5.32 Å². The van der Waals surface area contributed by atoms with E-state index >= 15 is 0 Å². The summed E-state index contributed by atoms with van der Waals surface area (Å²) in [4.78, 5) is 0. The van der Waals surface area contributed by atoms with Crippen molar-refractivity contribution < 1.29 is 8.78 Å². The molecule has 0 amide bonds. The quantitative estimate of drug-likeness (QED) is 0.884. The molecule has 0 aliphatic rings. The van der Waals surface area contributed by atoms with Crippen molar-refractivity contribution in [3.63, 3.8) is 0 Å². The van der Waals surface area contributed by atoms with Crippen molar-refractivity contribution >= 4 is 0 Å². The van der Waals surface area contributed by atoms with E-state index in [1.165, 1.54) is 6.07 Å². The summed E-state index contributed by atoms with van der Waals surface area (Å²) in [6.07, 6.45) is 3.61. The molecule has 1 atom stereocenters. The van der Waals surface area contributed by atoms with E-state index in [2.05, 4.69) is 10.4 Å². The monoisotopic (exact) mass is 251 g/mol. The molecule has 0 saturated carbocycles. The van der Waals surface area contributed by atoms with Gasteiger partial charge in [-0.25, -0.2) is 8.78 Å². The lowest BCUT2D eigenvalue weighted by Crippen LogP contribution is -2.30. The van der Waals surface area contributed by atoms with Gasteiger partial charge in [0.1, 0.15) is 0 Å². The second-order valence-electron chi connectivity index (χ2n) is 4.26. The van der Waals surface area contributed by atoms with Crippen LogP contribution >= 0.6 is 0 Å². The number of nitrogens with one attached hydrogen (secondary N) is 1. The Morgan fingerprint density at radius 2 is 2.17 bits per heavy atom. The van der Waals surface area contributed by atoms with Gasteiger partial charge in [0.05, 0.1) is 6.54 Å². The molecule has 1 N–H and O–H groups in total. The van der Waals surface area contributed by atoms with E-state index < -0.39 is 11.6 Å². The van der Waals surface area contributed by atoms with Crippen LogP contribution in [0.2, 0.25) is 0 Å². The van der Waals surface area contributed by atoms with Gasteiger partial charge in [0, 0.05) is 25.0 Å². The molecule has 5 heteroatoms. The average Bonchev–Trinajstić information content (AvgIpc) is 2.83. The topological polar surface area (TPSA) is 29.9 Å². The SMILES string of the molecule is CC(Cn1cccn1)NCc1ccc(F)c(F)c1. The Labute approximate surface area is 104 Å². The van der Waals surface area contributed by atoms with Gasteiger partial charge in [-0.15, -0.1) is 0 Å². The van der Waals surface area contributed by atoms with Crippen molar-refractivity contribution in [1.82, 2.24) is 15.1 Å². The van der Waals surface area contributed by atoms with Crippen molar-refractivity contribution in [2.24, 2.45) is 0 Å². The zero-order valence-electron chi connectivity index (χ0n) is 10.1. The maximum Gasteiger partial charge on any atom is 0.159 e. The van der Waals surface area contributed by atoms with Crippen LogP contribution in [0.3, 0.4) is 0 Å². The van der Waals surface area contributed by atoms with Crippen molar-refractivity contribution in [2.75, 3.05) is 0 Å². The number of rotatable bonds is 5. The minimum Gasteiger partial charge on any atom is -0.308 e. The van der Waals surface area contributed by atoms with E-state index in [0.717, 1.165) is 18.2 Å². The molecule has 3 nitrogen and oxygen atoms in total. The molecule has 0 aliphatic carbocycles. The van der Waals surface area contributed by atoms with Gasteiger partial charge in [0.2, 0.25) is 0 Å². The number of halogens is 2. The second-order valence-corrected chi connectivity index (χ2v) is 4.26. The van der Waals surface area contributed by atoms with Crippen LogP contribution in [0.15, 0.2) is 36.7 Å². The summed E-state index contributed by atoms with van der Waals surface area (Å²) in [5, 5.41) is 7.34. The predicted molar refractivity (Wildman–Crippen MR) is 64.9 cm³/mol. The number of aromatic nitrogens is 2. The Morgan fingerprint density at radius 3 is 2.83 bits per heavy atom. The second kappa shape index (κ2) is 5.73. The Balaban J connectivity index is 1.85. The third-order valence-electron chi connectivity index (χ3n) is 2.66. The molecule has 0 aliphatic heterocycles. The van der Waals surface area contributed by atoms with Crippen LogP contribution in [0, 0.1) is 11.6 Å². The fourth-order valence-electron chi connectivity index (χ4n) is 1.70. The van der Waals surface area contributed by atoms with E-state index in [9.17, 15) is 8.78 Å². The first kappa shape index (κ1) is 12.7. The molecule has 0 saturated heterocycles. The predicted octanol–water partition coefficient (Wildman–Crippen LogP) is 2.34. The molecular weight excluding hydrogens is 236 g/mol. The highest BCUT2D eigenvalue weighted by Gasteiger charge is 2.05. The molecule has 1 aromatic heterocycles. The van der Waals surface area contributed by atoms with Gasteiger partial charge >= 0.3 is 0 Å². The number of benzene rings is 1. The Morgan fingerprint density at radius 1 is 1.33 bits per heavy atom. The van der Waals surface area contributed by atoms with E-state index in [1.807, 2.05) is 23.9 Å². The lowest BCUT2D eigenvalue weighted by molar-refractivity contribution is 0.449. The highest BCUT2D eigenvalue weighted by atomic mass is 19.2. The summed E-state index contributed by atoms with van der Waals surface area (Å²) in [5.74, 6) is -1.63. The minimum absolute atomic E-state index is 0.193. The van der Waals surface area contributed by atoms with E-state index in [-0.39, 0.29) is 6.04 Å². The van der Waals surface area contributed by atoms with Gasteiger partial charge in [0.15, 0.2) is 11.6 Å². The van der Waals surface area contributed by atoms with E-state index in [1.54, 1.807) is 12.3 Å². The molecule has 1 heterocycles. The molecule has 18 heavy (non-hydrogen) atoms. The highest BCUT2D eigenvalue weighted by Crippen LogP contribution is 2.08.